The fourth-order valence-electron chi connectivity index (χ4n) is 2.05. The van der Waals surface area contributed by atoms with Gasteiger partial charge in [0.05, 0.1) is 4.90 Å². The van der Waals surface area contributed by atoms with Crippen LogP contribution in [-0.4, -0.2) is 33.3 Å². The Labute approximate surface area is 136 Å². The van der Waals surface area contributed by atoms with Crippen LogP contribution < -0.4 is 15.4 Å². The molecule has 0 heterocycles. The van der Waals surface area contributed by atoms with Crippen LogP contribution in [0.2, 0.25) is 0 Å². The molecule has 1 rings (SSSR count). The Morgan fingerprint density at radius 1 is 1.17 bits per heavy atom. The second kappa shape index (κ2) is 7.56. The highest BCUT2D eigenvalue weighted by Crippen LogP contribution is 2.20. The zero-order valence-corrected chi connectivity index (χ0v) is 14.7. The smallest absolute Gasteiger partial charge is 0.247 e. The third-order valence-corrected chi connectivity index (χ3v) is 4.88. The topological polar surface area (TPSA) is 104 Å². The molecule has 0 radical (unpaired) electrons. The van der Waals surface area contributed by atoms with E-state index in [1.54, 1.807) is 19.1 Å². The van der Waals surface area contributed by atoms with Gasteiger partial charge >= 0.3 is 0 Å². The van der Waals surface area contributed by atoms with Crippen molar-refractivity contribution in [2.75, 3.05) is 12.4 Å². The Hall–Kier alpha value is -1.93. The van der Waals surface area contributed by atoms with E-state index in [0.29, 0.717) is 11.3 Å². The van der Waals surface area contributed by atoms with Crippen molar-refractivity contribution in [3.05, 3.63) is 23.8 Å². The van der Waals surface area contributed by atoms with Gasteiger partial charge in [-0.2, -0.15) is 0 Å². The third kappa shape index (κ3) is 5.04. The number of carbonyl (C=O) groups is 2. The van der Waals surface area contributed by atoms with Gasteiger partial charge in [-0.3, -0.25) is 9.59 Å². The summed E-state index contributed by atoms with van der Waals surface area (Å²) in [4.78, 5) is 23.6. The predicted octanol–water partition coefficient (Wildman–Crippen LogP) is 1.00. The molecule has 0 bridgehead atoms. The molecule has 23 heavy (non-hydrogen) atoms. The van der Waals surface area contributed by atoms with E-state index >= 15 is 0 Å². The molecule has 3 N–H and O–H groups in total. The number of amides is 2. The van der Waals surface area contributed by atoms with E-state index in [4.69, 9.17) is 0 Å². The van der Waals surface area contributed by atoms with Crippen LogP contribution in [0.5, 0.6) is 0 Å². The number of hydrogen-bond donors (Lipinski definition) is 3. The zero-order valence-electron chi connectivity index (χ0n) is 13.9. The minimum atomic E-state index is -3.61. The molecule has 8 heteroatoms. The van der Waals surface area contributed by atoms with Gasteiger partial charge in [-0.05, 0) is 37.6 Å². The first-order valence-electron chi connectivity index (χ1n) is 7.20. The van der Waals surface area contributed by atoms with Crippen molar-refractivity contribution in [2.24, 2.45) is 5.92 Å². The van der Waals surface area contributed by atoms with E-state index in [1.807, 2.05) is 13.8 Å². The highest BCUT2D eigenvalue weighted by atomic mass is 32.2. The van der Waals surface area contributed by atoms with E-state index in [2.05, 4.69) is 15.4 Å². The predicted molar refractivity (Wildman–Crippen MR) is 88.5 cm³/mol. The van der Waals surface area contributed by atoms with E-state index in [1.165, 1.54) is 20.0 Å². The van der Waals surface area contributed by atoms with Crippen molar-refractivity contribution >= 4 is 27.5 Å². The molecule has 0 aromatic heterocycles. The number of sulfonamides is 1. The molecule has 0 aliphatic rings. The molecule has 0 saturated heterocycles. The fourth-order valence-corrected chi connectivity index (χ4v) is 3.05. The number of nitrogens with one attached hydrogen (secondary N) is 3. The van der Waals surface area contributed by atoms with Crippen LogP contribution in [0, 0.1) is 12.8 Å². The molecule has 128 valence electrons. The Morgan fingerprint density at radius 3 is 2.26 bits per heavy atom. The van der Waals surface area contributed by atoms with Crippen LogP contribution in [0.25, 0.3) is 0 Å². The maximum atomic E-state index is 12.3. The fraction of sp³-hybridized carbons (Fsp3) is 0.467. The van der Waals surface area contributed by atoms with E-state index in [0.717, 1.165) is 0 Å². The van der Waals surface area contributed by atoms with Gasteiger partial charge in [0.1, 0.15) is 6.04 Å². The van der Waals surface area contributed by atoms with E-state index in [9.17, 15) is 18.0 Å². The van der Waals surface area contributed by atoms with Gasteiger partial charge in [0.15, 0.2) is 0 Å². The first-order chi connectivity index (χ1) is 10.6. The van der Waals surface area contributed by atoms with Gasteiger partial charge in [0, 0.05) is 12.6 Å². The van der Waals surface area contributed by atoms with Crippen LogP contribution in [0.1, 0.15) is 26.3 Å². The molecule has 0 spiro atoms. The van der Waals surface area contributed by atoms with Gasteiger partial charge in [-0.1, -0.05) is 19.9 Å². The Morgan fingerprint density at radius 2 is 1.78 bits per heavy atom. The molecule has 1 aromatic rings. The second-order valence-corrected chi connectivity index (χ2v) is 7.45. The summed E-state index contributed by atoms with van der Waals surface area (Å²) in [5.41, 5.74) is 0.921. The average Bonchev–Trinajstić information content (AvgIpc) is 2.46. The second-order valence-electron chi connectivity index (χ2n) is 5.60. The summed E-state index contributed by atoms with van der Waals surface area (Å²) >= 11 is 0. The summed E-state index contributed by atoms with van der Waals surface area (Å²) in [6, 6.07) is 3.93. The van der Waals surface area contributed by atoms with Gasteiger partial charge in [0.2, 0.25) is 21.8 Å². The van der Waals surface area contributed by atoms with Crippen molar-refractivity contribution in [3.63, 3.8) is 0 Å². The highest BCUT2D eigenvalue weighted by molar-refractivity contribution is 7.89. The van der Waals surface area contributed by atoms with Crippen LogP contribution in [-0.2, 0) is 19.6 Å². The first kappa shape index (κ1) is 19.1. The molecule has 0 aliphatic heterocycles. The SMILES string of the molecule is CNS(=O)(=O)c1cc(NC(=O)[C@@H](NC(C)=O)C(C)C)ccc1C. The highest BCUT2D eigenvalue weighted by Gasteiger charge is 2.23. The number of anilines is 1. The largest absolute Gasteiger partial charge is 0.344 e. The van der Waals surface area contributed by atoms with Gasteiger partial charge in [0.25, 0.3) is 0 Å². The van der Waals surface area contributed by atoms with Gasteiger partial charge in [-0.15, -0.1) is 0 Å². The standard InChI is InChI=1S/C15H23N3O4S/c1-9(2)14(17-11(4)19)15(20)18-12-7-6-10(3)13(8-12)23(21,22)16-5/h6-9,14,16H,1-5H3,(H,17,19)(H,18,20)/t14-/m0/s1. The van der Waals surface area contributed by atoms with E-state index < -0.39 is 22.0 Å². The van der Waals surface area contributed by atoms with Crippen molar-refractivity contribution in [1.29, 1.82) is 0 Å². The van der Waals surface area contributed by atoms with Crippen LogP contribution in [0.3, 0.4) is 0 Å². The summed E-state index contributed by atoms with van der Waals surface area (Å²) in [6.45, 7) is 6.63. The summed E-state index contributed by atoms with van der Waals surface area (Å²) in [5.74, 6) is -0.807. The molecular weight excluding hydrogens is 318 g/mol. The molecule has 7 nitrogen and oxygen atoms in total. The average molecular weight is 341 g/mol. The van der Waals surface area contributed by atoms with Crippen LogP contribution in [0.4, 0.5) is 5.69 Å². The molecule has 2 amide bonds. The van der Waals surface area contributed by atoms with Crippen LogP contribution in [0.15, 0.2) is 23.1 Å². The molecule has 1 aromatic carbocycles. The number of aryl methyl sites for hydroxylation is 1. The quantitative estimate of drug-likeness (QED) is 0.718. The van der Waals surface area contributed by atoms with Crippen molar-refractivity contribution < 1.29 is 18.0 Å². The van der Waals surface area contributed by atoms with Crippen molar-refractivity contribution in [2.45, 2.75) is 38.6 Å². The molecular formula is C15H23N3O4S. The van der Waals surface area contributed by atoms with Crippen molar-refractivity contribution in [3.8, 4) is 0 Å². The molecule has 0 saturated carbocycles. The molecule has 1 atom stereocenters. The summed E-state index contributed by atoms with van der Waals surface area (Å²) < 4.78 is 26.2. The van der Waals surface area contributed by atoms with Crippen LogP contribution >= 0.6 is 0 Å². The maximum absolute atomic E-state index is 12.3. The first-order valence-corrected chi connectivity index (χ1v) is 8.69. The number of benzene rings is 1. The Kier molecular flexibility index (Phi) is 6.28. The zero-order chi connectivity index (χ0) is 17.8. The lowest BCUT2D eigenvalue weighted by molar-refractivity contribution is -0.126. The number of rotatable bonds is 6. The van der Waals surface area contributed by atoms with Crippen molar-refractivity contribution in [1.82, 2.24) is 10.0 Å². The van der Waals surface area contributed by atoms with Gasteiger partial charge < -0.3 is 10.6 Å². The summed E-state index contributed by atoms with van der Waals surface area (Å²) in [7, 11) is -2.29. The summed E-state index contributed by atoms with van der Waals surface area (Å²) in [6.07, 6.45) is 0. The number of hydrogen-bond acceptors (Lipinski definition) is 4. The minimum Gasteiger partial charge on any atom is -0.344 e. The normalized spacial score (nSPS) is 12.8. The Bertz CT molecular complexity index is 699. The lowest BCUT2D eigenvalue weighted by Gasteiger charge is -2.21. The lowest BCUT2D eigenvalue weighted by atomic mass is 10.0. The molecule has 0 aliphatic carbocycles. The monoisotopic (exact) mass is 341 g/mol. The number of carbonyl (C=O) groups excluding carboxylic acids is 2. The Balaban J connectivity index is 3.07. The third-order valence-electron chi connectivity index (χ3n) is 3.32. The van der Waals surface area contributed by atoms with Gasteiger partial charge in [-0.25, -0.2) is 13.1 Å². The maximum Gasteiger partial charge on any atom is 0.247 e. The van der Waals surface area contributed by atoms with E-state index in [-0.39, 0.29) is 16.7 Å². The molecule has 0 unspecified atom stereocenters. The minimum absolute atomic E-state index is 0.0958. The summed E-state index contributed by atoms with van der Waals surface area (Å²) in [5, 5.41) is 5.23. The molecule has 0 fully saturated rings. The lowest BCUT2D eigenvalue weighted by Crippen LogP contribution is -2.46.